The number of thiazole rings is 1. The van der Waals surface area contributed by atoms with Crippen molar-refractivity contribution >= 4 is 33.4 Å². The van der Waals surface area contributed by atoms with Gasteiger partial charge in [0.15, 0.2) is 6.04 Å². The number of rotatable bonds is 2. The number of piperidine rings is 1. The van der Waals surface area contributed by atoms with E-state index in [9.17, 15) is 9.59 Å². The van der Waals surface area contributed by atoms with Gasteiger partial charge in [0.1, 0.15) is 0 Å². The van der Waals surface area contributed by atoms with Gasteiger partial charge < -0.3 is 4.90 Å². The van der Waals surface area contributed by atoms with Gasteiger partial charge in [-0.1, -0.05) is 12.1 Å². The molecule has 0 radical (unpaired) electrons. The number of benzene rings is 1. The molecule has 120 valence electrons. The van der Waals surface area contributed by atoms with Gasteiger partial charge in [0.05, 0.1) is 34.7 Å². The highest BCUT2D eigenvalue weighted by Crippen LogP contribution is 2.31. The minimum absolute atomic E-state index is 0.0107. The fraction of sp³-hybridized carbons (Fsp3) is 0.471. The number of hydrogen-bond acceptors (Lipinski definition) is 4. The number of likely N-dealkylation sites (N-methyl/N-ethyl adjacent to an activating group) is 1. The lowest BCUT2D eigenvalue weighted by Crippen LogP contribution is -3.17. The molecular weight excluding hydrogens is 310 g/mol. The number of fused-ring (bicyclic) bond motifs is 1. The number of aromatic nitrogens is 1. The van der Waals surface area contributed by atoms with E-state index in [0.29, 0.717) is 12.3 Å². The first-order valence-corrected chi connectivity index (χ1v) is 8.95. The van der Waals surface area contributed by atoms with Crippen LogP contribution in [0.4, 0.5) is 0 Å². The molecule has 2 fully saturated rings. The smallest absolute Gasteiger partial charge is 0.287 e. The maximum absolute atomic E-state index is 12.2. The van der Waals surface area contributed by atoms with Gasteiger partial charge in [0.25, 0.3) is 5.91 Å². The van der Waals surface area contributed by atoms with Gasteiger partial charge in [0.2, 0.25) is 5.91 Å². The third-order valence-corrected chi connectivity index (χ3v) is 6.36. The van der Waals surface area contributed by atoms with Crippen molar-refractivity contribution in [2.24, 2.45) is 0 Å². The van der Waals surface area contributed by atoms with E-state index in [0.717, 1.165) is 31.4 Å². The molecule has 2 aromatic rings. The van der Waals surface area contributed by atoms with Crippen molar-refractivity contribution in [3.8, 4) is 0 Å². The number of nitrogens with zero attached hydrogens (tertiary/aromatic N) is 2. The van der Waals surface area contributed by atoms with Crippen LogP contribution in [0, 0.1) is 0 Å². The topological polar surface area (TPSA) is 54.7 Å². The zero-order chi connectivity index (χ0) is 16.0. The largest absolute Gasteiger partial charge is 0.324 e. The molecule has 2 saturated heterocycles. The molecule has 4 rings (SSSR count). The van der Waals surface area contributed by atoms with Crippen LogP contribution in [0.25, 0.3) is 10.2 Å². The number of carbonyl (C=O) groups excluding carboxylic acids is 2. The molecule has 1 unspecified atom stereocenters. The van der Waals surface area contributed by atoms with Gasteiger partial charge in [-0.25, -0.2) is 4.98 Å². The second-order valence-corrected chi connectivity index (χ2v) is 7.56. The van der Waals surface area contributed by atoms with Gasteiger partial charge in [-0.2, -0.15) is 0 Å². The van der Waals surface area contributed by atoms with E-state index in [1.807, 2.05) is 6.07 Å². The molecule has 3 heterocycles. The van der Waals surface area contributed by atoms with Gasteiger partial charge in [-0.05, 0) is 12.1 Å². The molecule has 2 aliphatic rings. The molecule has 5 nitrogen and oxygen atoms in total. The van der Waals surface area contributed by atoms with Crippen LogP contribution >= 0.6 is 11.3 Å². The van der Waals surface area contributed by atoms with Crippen LogP contribution in [0.3, 0.4) is 0 Å². The van der Waals surface area contributed by atoms with Crippen molar-refractivity contribution < 1.29 is 14.5 Å². The standard InChI is InChI=1S/C17H19N3O2S/c1-19-15(21)10-13(17(19)22)20-8-6-11(7-9-20)16-18-12-4-2-3-5-14(12)23-16/h2-5,11,13H,6-10H2,1H3/p+1. The number of para-hydroxylation sites is 1. The summed E-state index contributed by atoms with van der Waals surface area (Å²) in [6.07, 6.45) is 2.45. The normalized spacial score (nSPS) is 28.7. The maximum atomic E-state index is 12.2. The molecular formula is C17H20N3O2S+. The Balaban J connectivity index is 1.45. The average Bonchev–Trinajstić information content (AvgIpc) is 3.12. The lowest BCUT2D eigenvalue weighted by Gasteiger charge is -2.31. The minimum atomic E-state index is -0.163. The van der Waals surface area contributed by atoms with Crippen molar-refractivity contribution in [1.82, 2.24) is 9.88 Å². The highest BCUT2D eigenvalue weighted by molar-refractivity contribution is 7.18. The fourth-order valence-corrected chi connectivity index (χ4v) is 4.86. The number of carbonyl (C=O) groups is 2. The van der Waals surface area contributed by atoms with Crippen LogP contribution in [0.5, 0.6) is 0 Å². The zero-order valence-corrected chi connectivity index (χ0v) is 13.9. The Hall–Kier alpha value is -1.79. The fourth-order valence-electron chi connectivity index (χ4n) is 3.72. The Bertz CT molecular complexity index is 731. The molecule has 0 aliphatic carbocycles. The quantitative estimate of drug-likeness (QED) is 0.830. The first-order valence-electron chi connectivity index (χ1n) is 8.14. The lowest BCUT2D eigenvalue weighted by molar-refractivity contribution is -0.920. The SMILES string of the molecule is CN1C(=O)CC([NH+]2CCC(c3nc4ccccc4s3)CC2)C1=O. The van der Waals surface area contributed by atoms with Gasteiger partial charge in [0, 0.05) is 25.8 Å². The highest BCUT2D eigenvalue weighted by atomic mass is 32.1. The Labute approximate surface area is 138 Å². The van der Waals surface area contributed by atoms with E-state index < -0.39 is 0 Å². The second kappa shape index (κ2) is 5.69. The van der Waals surface area contributed by atoms with Crippen LogP contribution in [-0.2, 0) is 9.59 Å². The van der Waals surface area contributed by atoms with Gasteiger partial charge >= 0.3 is 0 Å². The summed E-state index contributed by atoms with van der Waals surface area (Å²) < 4.78 is 1.25. The van der Waals surface area contributed by atoms with E-state index in [1.165, 1.54) is 19.5 Å². The van der Waals surface area contributed by atoms with Crippen LogP contribution in [0.1, 0.15) is 30.2 Å². The first kappa shape index (κ1) is 14.8. The second-order valence-electron chi connectivity index (χ2n) is 6.50. The van der Waals surface area contributed by atoms with Crippen molar-refractivity contribution in [2.45, 2.75) is 31.2 Å². The number of likely N-dealkylation sites (tertiary alicyclic amines) is 2. The van der Waals surface area contributed by atoms with Crippen molar-refractivity contribution in [3.05, 3.63) is 29.3 Å². The number of hydrogen-bond donors (Lipinski definition) is 1. The van der Waals surface area contributed by atoms with Crippen LogP contribution in [0.15, 0.2) is 24.3 Å². The van der Waals surface area contributed by atoms with E-state index in [2.05, 4.69) is 18.2 Å². The Morgan fingerprint density at radius 3 is 2.61 bits per heavy atom. The summed E-state index contributed by atoms with van der Waals surface area (Å²) in [5.41, 5.74) is 1.08. The number of imide groups is 1. The van der Waals surface area contributed by atoms with E-state index >= 15 is 0 Å². The van der Waals surface area contributed by atoms with Gasteiger partial charge in [-0.3, -0.25) is 14.5 Å². The zero-order valence-electron chi connectivity index (χ0n) is 13.1. The van der Waals surface area contributed by atoms with E-state index in [1.54, 1.807) is 18.4 Å². The first-order chi connectivity index (χ1) is 11.1. The Morgan fingerprint density at radius 2 is 1.96 bits per heavy atom. The number of amides is 2. The number of quaternary nitrogens is 1. The van der Waals surface area contributed by atoms with Crippen LogP contribution in [0.2, 0.25) is 0 Å². The third-order valence-electron chi connectivity index (χ3n) is 5.16. The predicted octanol–water partition coefficient (Wildman–Crippen LogP) is 0.816. The average molecular weight is 330 g/mol. The van der Waals surface area contributed by atoms with Crippen molar-refractivity contribution in [3.63, 3.8) is 0 Å². The van der Waals surface area contributed by atoms with Crippen molar-refractivity contribution in [2.75, 3.05) is 20.1 Å². The molecule has 1 N–H and O–H groups in total. The van der Waals surface area contributed by atoms with Crippen LogP contribution < -0.4 is 4.90 Å². The lowest BCUT2D eigenvalue weighted by atomic mass is 9.96. The molecule has 2 aliphatic heterocycles. The van der Waals surface area contributed by atoms with E-state index in [4.69, 9.17) is 4.98 Å². The summed E-state index contributed by atoms with van der Waals surface area (Å²) in [5.74, 6) is 0.435. The summed E-state index contributed by atoms with van der Waals surface area (Å²) in [7, 11) is 1.60. The molecule has 1 aromatic heterocycles. The molecule has 0 spiro atoms. The molecule has 1 aromatic carbocycles. The van der Waals surface area contributed by atoms with Crippen molar-refractivity contribution in [1.29, 1.82) is 0 Å². The summed E-state index contributed by atoms with van der Waals surface area (Å²) in [5, 5.41) is 1.22. The highest BCUT2D eigenvalue weighted by Gasteiger charge is 2.44. The molecule has 0 saturated carbocycles. The molecule has 6 heteroatoms. The Kier molecular flexibility index (Phi) is 3.66. The summed E-state index contributed by atoms with van der Waals surface area (Å²) in [6, 6.07) is 8.10. The minimum Gasteiger partial charge on any atom is -0.324 e. The summed E-state index contributed by atoms with van der Waals surface area (Å²) >= 11 is 1.79. The molecule has 0 bridgehead atoms. The molecule has 1 atom stereocenters. The van der Waals surface area contributed by atoms with E-state index in [-0.39, 0.29) is 17.9 Å². The van der Waals surface area contributed by atoms with Gasteiger partial charge in [-0.15, -0.1) is 11.3 Å². The number of nitrogens with one attached hydrogen (secondary N) is 1. The maximum Gasteiger partial charge on any atom is 0.287 e. The predicted molar refractivity (Wildman–Crippen MR) is 88.5 cm³/mol. The molecule has 2 amide bonds. The monoisotopic (exact) mass is 330 g/mol. The Morgan fingerprint density at radius 1 is 1.22 bits per heavy atom. The summed E-state index contributed by atoms with van der Waals surface area (Å²) in [6.45, 7) is 1.89. The summed E-state index contributed by atoms with van der Waals surface area (Å²) in [4.78, 5) is 31.2. The molecule has 23 heavy (non-hydrogen) atoms. The van der Waals surface area contributed by atoms with Crippen LogP contribution in [-0.4, -0.2) is 47.9 Å². The third kappa shape index (κ3) is 2.56.